The fraction of sp³-hybridized carbons (Fsp3) is 0.364. The van der Waals surface area contributed by atoms with E-state index < -0.39 is 5.76 Å². The number of piperidine rings is 1. The number of rotatable bonds is 7. The van der Waals surface area contributed by atoms with Crippen molar-refractivity contribution in [3.8, 4) is 0 Å². The summed E-state index contributed by atoms with van der Waals surface area (Å²) in [5, 5.41) is 6.04. The summed E-state index contributed by atoms with van der Waals surface area (Å²) in [6.45, 7) is 3.47. The number of para-hydroxylation sites is 1. The van der Waals surface area contributed by atoms with Crippen LogP contribution in [0, 0.1) is 5.92 Å². The van der Waals surface area contributed by atoms with Crippen molar-refractivity contribution in [3.05, 3.63) is 54.1 Å². The number of hydrogen-bond donors (Lipinski definition) is 2. The predicted octanol–water partition coefficient (Wildman–Crippen LogP) is 4.73. The molecule has 1 heterocycles. The van der Waals surface area contributed by atoms with Gasteiger partial charge in [-0.25, -0.2) is 0 Å². The molecule has 0 aromatic heterocycles. The van der Waals surface area contributed by atoms with Gasteiger partial charge in [-0.2, -0.15) is 8.78 Å². The zero-order valence-electron chi connectivity index (χ0n) is 16.7. The van der Waals surface area contributed by atoms with Crippen LogP contribution in [0.5, 0.6) is 0 Å². The normalized spacial score (nSPS) is 16.4. The van der Waals surface area contributed by atoms with Crippen molar-refractivity contribution in [1.29, 1.82) is 0 Å². The average Bonchev–Trinajstić information content (AvgIpc) is 2.75. The number of likely N-dealkylation sites (tertiary alicyclic amines) is 1. The molecule has 0 saturated carbocycles. The zero-order chi connectivity index (χ0) is 21.5. The Bertz CT molecular complexity index is 877. The van der Waals surface area contributed by atoms with E-state index in [-0.39, 0.29) is 17.7 Å². The van der Waals surface area contributed by atoms with Crippen LogP contribution in [0.4, 0.5) is 20.2 Å². The van der Waals surface area contributed by atoms with Crippen molar-refractivity contribution >= 4 is 35.0 Å². The molecule has 2 aromatic carbocycles. The van der Waals surface area contributed by atoms with E-state index in [1.54, 1.807) is 47.4 Å². The number of anilines is 2. The first-order valence-corrected chi connectivity index (χ1v) is 10.8. The van der Waals surface area contributed by atoms with Crippen LogP contribution in [0.1, 0.15) is 30.1 Å². The highest BCUT2D eigenvalue weighted by molar-refractivity contribution is 7.99. The molecule has 5 nitrogen and oxygen atoms in total. The molecule has 2 aromatic rings. The van der Waals surface area contributed by atoms with Gasteiger partial charge in [-0.1, -0.05) is 23.9 Å². The van der Waals surface area contributed by atoms with Gasteiger partial charge in [0, 0.05) is 30.2 Å². The molecule has 1 aliphatic rings. The number of hydrogen-bond acceptors (Lipinski definition) is 4. The third kappa shape index (κ3) is 5.72. The van der Waals surface area contributed by atoms with Gasteiger partial charge in [0.1, 0.15) is 0 Å². The Hall–Kier alpha value is -2.61. The minimum atomic E-state index is -2.46. The summed E-state index contributed by atoms with van der Waals surface area (Å²) < 4.78 is 25.0. The van der Waals surface area contributed by atoms with Gasteiger partial charge >= 0.3 is 0 Å². The molecule has 3 rings (SSSR count). The number of amides is 2. The number of alkyl halides is 2. The summed E-state index contributed by atoms with van der Waals surface area (Å²) in [6, 6.07) is 13.8. The maximum atomic E-state index is 13.2. The maximum Gasteiger partial charge on any atom is 0.288 e. The average molecular weight is 434 g/mol. The summed E-state index contributed by atoms with van der Waals surface area (Å²) >= 11 is 0.492. The van der Waals surface area contributed by atoms with Crippen molar-refractivity contribution in [2.75, 3.05) is 25.0 Å². The first-order valence-electron chi connectivity index (χ1n) is 9.96. The summed E-state index contributed by atoms with van der Waals surface area (Å²) in [4.78, 5) is 27.6. The monoisotopic (exact) mass is 433 g/mol. The largest absolute Gasteiger partial charge is 0.356 e. The highest BCUT2D eigenvalue weighted by Gasteiger charge is 2.29. The Kier molecular flexibility index (Phi) is 7.68. The van der Waals surface area contributed by atoms with Crippen molar-refractivity contribution < 1.29 is 18.4 Å². The molecule has 1 atom stereocenters. The fourth-order valence-electron chi connectivity index (χ4n) is 3.52. The van der Waals surface area contributed by atoms with Crippen LogP contribution >= 0.6 is 11.8 Å². The lowest BCUT2D eigenvalue weighted by atomic mass is 9.96. The first kappa shape index (κ1) is 22.1. The highest BCUT2D eigenvalue weighted by Crippen LogP contribution is 2.29. The van der Waals surface area contributed by atoms with E-state index in [1.807, 2.05) is 13.0 Å². The maximum absolute atomic E-state index is 13.2. The summed E-state index contributed by atoms with van der Waals surface area (Å²) in [7, 11) is 0. The molecule has 8 heteroatoms. The Morgan fingerprint density at radius 1 is 1.17 bits per heavy atom. The van der Waals surface area contributed by atoms with Crippen molar-refractivity contribution in [1.82, 2.24) is 10.2 Å². The molecule has 2 N–H and O–H groups in total. The molecule has 30 heavy (non-hydrogen) atoms. The van der Waals surface area contributed by atoms with Gasteiger partial charge in [0.2, 0.25) is 5.91 Å². The van der Waals surface area contributed by atoms with E-state index in [2.05, 4.69) is 10.6 Å². The minimum Gasteiger partial charge on any atom is -0.356 e. The van der Waals surface area contributed by atoms with Crippen molar-refractivity contribution in [2.45, 2.75) is 30.4 Å². The zero-order valence-corrected chi connectivity index (χ0v) is 17.6. The predicted molar refractivity (Wildman–Crippen MR) is 115 cm³/mol. The number of nitrogens with one attached hydrogen (secondary N) is 2. The van der Waals surface area contributed by atoms with E-state index >= 15 is 0 Å². The topological polar surface area (TPSA) is 61.4 Å². The Morgan fingerprint density at radius 2 is 1.90 bits per heavy atom. The molecule has 0 radical (unpaired) electrons. The van der Waals surface area contributed by atoms with E-state index in [1.165, 1.54) is 0 Å². The second-order valence-corrected chi connectivity index (χ2v) is 8.12. The molecule has 0 spiro atoms. The number of thioether (sulfide) groups is 1. The third-order valence-electron chi connectivity index (χ3n) is 4.95. The second-order valence-electron chi connectivity index (χ2n) is 7.06. The van der Waals surface area contributed by atoms with Crippen LogP contribution in [0.15, 0.2) is 53.4 Å². The lowest BCUT2D eigenvalue weighted by Crippen LogP contribution is -2.45. The molecular formula is C22H25F2N3O2S. The highest BCUT2D eigenvalue weighted by atomic mass is 32.2. The number of benzene rings is 2. The van der Waals surface area contributed by atoms with E-state index in [0.29, 0.717) is 53.2 Å². The van der Waals surface area contributed by atoms with E-state index in [0.717, 1.165) is 12.8 Å². The SMILES string of the molecule is CCNC(=O)C1CCCN(C(=O)c2ccccc2Nc2ccc(SC(F)F)cc2)C1. The molecule has 2 amide bonds. The summed E-state index contributed by atoms with van der Waals surface area (Å²) in [5.74, 6) is -2.79. The molecule has 0 aliphatic carbocycles. The van der Waals surface area contributed by atoms with Crippen LogP contribution in [0.2, 0.25) is 0 Å². The first-order chi connectivity index (χ1) is 14.5. The van der Waals surface area contributed by atoms with Gasteiger partial charge in [-0.15, -0.1) is 0 Å². The Balaban J connectivity index is 1.73. The second kappa shape index (κ2) is 10.4. The van der Waals surface area contributed by atoms with E-state index in [4.69, 9.17) is 0 Å². The van der Waals surface area contributed by atoms with Crippen LogP contribution in [-0.2, 0) is 4.79 Å². The number of halogens is 2. The minimum absolute atomic E-state index is 0.0110. The van der Waals surface area contributed by atoms with Crippen molar-refractivity contribution in [3.63, 3.8) is 0 Å². The standard InChI is InChI=1S/C22H25F2N3O2S/c1-2-25-20(28)15-6-5-13-27(14-15)21(29)18-7-3-4-8-19(18)26-16-9-11-17(12-10-16)30-22(23)24/h3-4,7-12,15,22,26H,2,5-6,13-14H2,1H3,(H,25,28). The molecular weight excluding hydrogens is 408 g/mol. The van der Waals surface area contributed by atoms with Gasteiger partial charge in [-0.3, -0.25) is 9.59 Å². The third-order valence-corrected chi connectivity index (χ3v) is 5.67. The fourth-order valence-corrected chi connectivity index (χ4v) is 4.02. The molecule has 0 bridgehead atoms. The Labute approximate surface area is 179 Å². The van der Waals surface area contributed by atoms with Gasteiger partial charge < -0.3 is 15.5 Å². The smallest absolute Gasteiger partial charge is 0.288 e. The van der Waals surface area contributed by atoms with Crippen molar-refractivity contribution in [2.24, 2.45) is 5.92 Å². The molecule has 1 unspecified atom stereocenters. The van der Waals surface area contributed by atoms with Crippen LogP contribution < -0.4 is 10.6 Å². The van der Waals surface area contributed by atoms with Crippen LogP contribution in [0.25, 0.3) is 0 Å². The van der Waals surface area contributed by atoms with Gasteiger partial charge in [0.25, 0.3) is 11.7 Å². The number of carbonyl (C=O) groups excluding carboxylic acids is 2. The lowest BCUT2D eigenvalue weighted by molar-refractivity contribution is -0.126. The van der Waals surface area contributed by atoms with Gasteiger partial charge in [0.15, 0.2) is 0 Å². The molecule has 1 fully saturated rings. The molecule has 160 valence electrons. The van der Waals surface area contributed by atoms with Gasteiger partial charge in [0.05, 0.1) is 17.2 Å². The molecule has 1 aliphatic heterocycles. The van der Waals surface area contributed by atoms with Crippen LogP contribution in [-0.4, -0.2) is 42.1 Å². The lowest BCUT2D eigenvalue weighted by Gasteiger charge is -2.32. The quantitative estimate of drug-likeness (QED) is 0.620. The summed E-state index contributed by atoms with van der Waals surface area (Å²) in [5.41, 5.74) is 1.85. The van der Waals surface area contributed by atoms with E-state index in [9.17, 15) is 18.4 Å². The number of carbonyl (C=O) groups is 2. The number of nitrogens with zero attached hydrogens (tertiary/aromatic N) is 1. The van der Waals surface area contributed by atoms with Gasteiger partial charge in [-0.05, 0) is 56.2 Å². The Morgan fingerprint density at radius 3 is 2.60 bits per heavy atom. The molecule has 1 saturated heterocycles. The summed E-state index contributed by atoms with van der Waals surface area (Å²) in [6.07, 6.45) is 1.56. The van der Waals surface area contributed by atoms with Crippen LogP contribution in [0.3, 0.4) is 0 Å².